The summed E-state index contributed by atoms with van der Waals surface area (Å²) < 4.78 is 10.6. The van der Waals surface area contributed by atoms with E-state index in [1.54, 1.807) is 0 Å². The molecule has 2 rings (SSSR count). The van der Waals surface area contributed by atoms with Gasteiger partial charge in [0.2, 0.25) is 6.79 Å². The standard InChI is InChI=1S/C13H16O3/c1-3-13(2,8-14)7-10-4-5-11-12(6-10)16-9-15-11/h4-6,8H,3,7,9H2,1-2H3. The number of aldehydes is 1. The minimum absolute atomic E-state index is 0.284. The van der Waals surface area contributed by atoms with Gasteiger partial charge in [-0.1, -0.05) is 19.9 Å². The zero-order valence-electron chi connectivity index (χ0n) is 9.66. The number of rotatable bonds is 4. The molecular formula is C13H16O3. The van der Waals surface area contributed by atoms with Crippen LogP contribution in [-0.2, 0) is 11.2 Å². The van der Waals surface area contributed by atoms with Crippen LogP contribution in [0.2, 0.25) is 0 Å². The fraction of sp³-hybridized carbons (Fsp3) is 0.462. The predicted molar refractivity (Wildman–Crippen MR) is 60.7 cm³/mol. The SMILES string of the molecule is CCC(C)(C=O)Cc1ccc2c(c1)OCO2. The minimum Gasteiger partial charge on any atom is -0.454 e. The quantitative estimate of drug-likeness (QED) is 0.731. The molecule has 1 heterocycles. The molecule has 86 valence electrons. The van der Waals surface area contributed by atoms with Gasteiger partial charge in [-0.05, 0) is 30.5 Å². The fourth-order valence-electron chi connectivity index (χ4n) is 1.77. The fourth-order valence-corrected chi connectivity index (χ4v) is 1.77. The lowest BCUT2D eigenvalue weighted by atomic mass is 9.83. The highest BCUT2D eigenvalue weighted by atomic mass is 16.7. The van der Waals surface area contributed by atoms with Crippen LogP contribution in [0.1, 0.15) is 25.8 Å². The molecule has 0 aliphatic carbocycles. The van der Waals surface area contributed by atoms with Crippen molar-refractivity contribution >= 4 is 6.29 Å². The first-order valence-corrected chi connectivity index (χ1v) is 5.52. The molecule has 0 fully saturated rings. The first-order valence-electron chi connectivity index (χ1n) is 5.52. The third-order valence-electron chi connectivity index (χ3n) is 3.14. The van der Waals surface area contributed by atoms with Gasteiger partial charge in [0, 0.05) is 5.41 Å². The molecule has 3 nitrogen and oxygen atoms in total. The van der Waals surface area contributed by atoms with Gasteiger partial charge in [0.05, 0.1) is 0 Å². The van der Waals surface area contributed by atoms with Crippen molar-refractivity contribution < 1.29 is 14.3 Å². The van der Waals surface area contributed by atoms with Gasteiger partial charge in [-0.2, -0.15) is 0 Å². The summed E-state index contributed by atoms with van der Waals surface area (Å²) in [6.07, 6.45) is 2.62. The average molecular weight is 220 g/mol. The second kappa shape index (κ2) is 4.16. The Morgan fingerprint density at radius 3 is 2.81 bits per heavy atom. The summed E-state index contributed by atoms with van der Waals surface area (Å²) in [5.74, 6) is 1.56. The first kappa shape index (κ1) is 11.0. The lowest BCUT2D eigenvalue weighted by Crippen LogP contribution is -2.20. The van der Waals surface area contributed by atoms with Crippen LogP contribution in [0.15, 0.2) is 18.2 Å². The van der Waals surface area contributed by atoms with E-state index in [9.17, 15) is 4.79 Å². The lowest BCUT2D eigenvalue weighted by molar-refractivity contribution is -0.115. The van der Waals surface area contributed by atoms with Crippen molar-refractivity contribution in [2.24, 2.45) is 5.41 Å². The van der Waals surface area contributed by atoms with Crippen molar-refractivity contribution in [2.75, 3.05) is 6.79 Å². The average Bonchev–Trinajstić information content (AvgIpc) is 2.76. The van der Waals surface area contributed by atoms with Crippen LogP contribution in [0.25, 0.3) is 0 Å². The van der Waals surface area contributed by atoms with E-state index in [0.29, 0.717) is 0 Å². The molecule has 0 N–H and O–H groups in total. The van der Waals surface area contributed by atoms with E-state index < -0.39 is 0 Å². The molecule has 3 heteroatoms. The summed E-state index contributed by atoms with van der Waals surface area (Å²) in [7, 11) is 0. The van der Waals surface area contributed by atoms with Gasteiger partial charge in [0.1, 0.15) is 6.29 Å². The Balaban J connectivity index is 2.19. The first-order chi connectivity index (χ1) is 7.67. The second-order valence-electron chi connectivity index (χ2n) is 4.49. The Morgan fingerprint density at radius 1 is 1.38 bits per heavy atom. The van der Waals surface area contributed by atoms with Crippen molar-refractivity contribution in [2.45, 2.75) is 26.7 Å². The molecule has 1 aromatic rings. The summed E-state index contributed by atoms with van der Waals surface area (Å²) in [5.41, 5.74) is 0.828. The van der Waals surface area contributed by atoms with Gasteiger partial charge in [-0.15, -0.1) is 0 Å². The molecule has 1 aliphatic rings. The van der Waals surface area contributed by atoms with Crippen molar-refractivity contribution in [1.82, 2.24) is 0 Å². The molecule has 1 aromatic carbocycles. The number of ether oxygens (including phenoxy) is 2. The highest BCUT2D eigenvalue weighted by molar-refractivity contribution is 5.59. The Kier molecular flexibility index (Phi) is 2.86. The van der Waals surface area contributed by atoms with Crippen LogP contribution in [0.4, 0.5) is 0 Å². The molecule has 0 radical (unpaired) electrons. The monoisotopic (exact) mass is 220 g/mol. The van der Waals surface area contributed by atoms with Gasteiger partial charge >= 0.3 is 0 Å². The predicted octanol–water partition coefficient (Wildman–Crippen LogP) is 2.57. The molecule has 0 aromatic heterocycles. The summed E-state index contributed by atoms with van der Waals surface area (Å²) in [5, 5.41) is 0. The molecule has 16 heavy (non-hydrogen) atoms. The molecule has 0 saturated heterocycles. The molecular weight excluding hydrogens is 204 g/mol. The summed E-state index contributed by atoms with van der Waals surface area (Å²) in [4.78, 5) is 11.0. The second-order valence-corrected chi connectivity index (χ2v) is 4.49. The largest absolute Gasteiger partial charge is 0.454 e. The van der Waals surface area contributed by atoms with E-state index in [2.05, 4.69) is 0 Å². The number of benzene rings is 1. The van der Waals surface area contributed by atoms with Gasteiger partial charge in [-0.3, -0.25) is 0 Å². The number of hydrogen-bond acceptors (Lipinski definition) is 3. The Labute approximate surface area is 95.4 Å². The zero-order valence-corrected chi connectivity index (χ0v) is 9.66. The van der Waals surface area contributed by atoms with Crippen LogP contribution in [0.5, 0.6) is 11.5 Å². The summed E-state index contributed by atoms with van der Waals surface area (Å²) >= 11 is 0. The van der Waals surface area contributed by atoms with Gasteiger partial charge in [0.25, 0.3) is 0 Å². The topological polar surface area (TPSA) is 35.5 Å². The van der Waals surface area contributed by atoms with Crippen molar-refractivity contribution in [3.05, 3.63) is 23.8 Å². The van der Waals surface area contributed by atoms with E-state index >= 15 is 0 Å². The maximum Gasteiger partial charge on any atom is 0.231 e. The number of carbonyl (C=O) groups is 1. The summed E-state index contributed by atoms with van der Waals surface area (Å²) in [6, 6.07) is 5.85. The van der Waals surface area contributed by atoms with Crippen LogP contribution >= 0.6 is 0 Å². The normalized spacial score (nSPS) is 16.9. The van der Waals surface area contributed by atoms with Crippen molar-refractivity contribution in [3.8, 4) is 11.5 Å². The van der Waals surface area contributed by atoms with E-state index in [0.717, 1.165) is 36.2 Å². The molecule has 1 aliphatic heterocycles. The number of hydrogen-bond donors (Lipinski definition) is 0. The minimum atomic E-state index is -0.284. The Hall–Kier alpha value is -1.51. The third kappa shape index (κ3) is 2.03. The molecule has 0 amide bonds. The molecule has 1 atom stereocenters. The van der Waals surface area contributed by atoms with Gasteiger partial charge < -0.3 is 14.3 Å². The molecule has 1 unspecified atom stereocenters. The third-order valence-corrected chi connectivity index (χ3v) is 3.14. The number of fused-ring (bicyclic) bond motifs is 1. The lowest BCUT2D eigenvalue weighted by Gasteiger charge is -2.20. The zero-order chi connectivity index (χ0) is 11.6. The van der Waals surface area contributed by atoms with E-state index in [4.69, 9.17) is 9.47 Å². The maximum atomic E-state index is 11.0. The van der Waals surface area contributed by atoms with Crippen molar-refractivity contribution in [3.63, 3.8) is 0 Å². The van der Waals surface area contributed by atoms with Crippen LogP contribution in [0, 0.1) is 5.41 Å². The molecule has 0 saturated carbocycles. The highest BCUT2D eigenvalue weighted by Gasteiger charge is 2.23. The van der Waals surface area contributed by atoms with E-state index in [1.165, 1.54) is 0 Å². The maximum absolute atomic E-state index is 11.0. The van der Waals surface area contributed by atoms with Gasteiger partial charge in [-0.25, -0.2) is 0 Å². The molecule has 0 spiro atoms. The van der Waals surface area contributed by atoms with Crippen molar-refractivity contribution in [1.29, 1.82) is 0 Å². The van der Waals surface area contributed by atoms with Crippen LogP contribution < -0.4 is 9.47 Å². The van der Waals surface area contributed by atoms with E-state index in [-0.39, 0.29) is 12.2 Å². The Morgan fingerprint density at radius 2 is 2.12 bits per heavy atom. The number of carbonyl (C=O) groups excluding carboxylic acids is 1. The Bertz CT molecular complexity index is 400. The highest BCUT2D eigenvalue weighted by Crippen LogP contribution is 2.34. The van der Waals surface area contributed by atoms with Crippen LogP contribution in [0.3, 0.4) is 0 Å². The van der Waals surface area contributed by atoms with E-state index in [1.807, 2.05) is 32.0 Å². The smallest absolute Gasteiger partial charge is 0.231 e. The van der Waals surface area contributed by atoms with Gasteiger partial charge in [0.15, 0.2) is 11.5 Å². The van der Waals surface area contributed by atoms with Crippen LogP contribution in [-0.4, -0.2) is 13.1 Å². The summed E-state index contributed by atoms with van der Waals surface area (Å²) in [6.45, 7) is 4.30. The molecule has 0 bridgehead atoms.